The van der Waals surface area contributed by atoms with E-state index < -0.39 is 4.92 Å². The SMILES string of the molecule is CCCC(CS)COc1c(C)cccc1[N+](=O)[O-]. The molecule has 1 unspecified atom stereocenters. The molecule has 0 fully saturated rings. The molecule has 0 radical (unpaired) electrons. The van der Waals surface area contributed by atoms with Crippen LogP contribution >= 0.6 is 12.6 Å². The van der Waals surface area contributed by atoms with Crippen LogP contribution in [0.3, 0.4) is 0 Å². The molecule has 0 aliphatic rings. The van der Waals surface area contributed by atoms with Gasteiger partial charge in [0.15, 0.2) is 5.75 Å². The topological polar surface area (TPSA) is 52.4 Å². The van der Waals surface area contributed by atoms with Crippen molar-refractivity contribution >= 4 is 18.3 Å². The molecule has 0 spiro atoms. The van der Waals surface area contributed by atoms with Gasteiger partial charge in [0.2, 0.25) is 0 Å². The number of aryl methyl sites for hydroxylation is 1. The average molecular weight is 269 g/mol. The van der Waals surface area contributed by atoms with Crippen LogP contribution in [0.2, 0.25) is 0 Å². The number of hydrogen-bond acceptors (Lipinski definition) is 4. The number of nitro benzene ring substituents is 1. The predicted octanol–water partition coefficient (Wildman–Crippen LogP) is 3.63. The highest BCUT2D eigenvalue weighted by Gasteiger charge is 2.18. The van der Waals surface area contributed by atoms with Crippen molar-refractivity contribution in [3.63, 3.8) is 0 Å². The molecule has 0 aromatic heterocycles. The molecular formula is C13H19NO3S. The van der Waals surface area contributed by atoms with Crippen molar-refractivity contribution < 1.29 is 9.66 Å². The van der Waals surface area contributed by atoms with Gasteiger partial charge >= 0.3 is 5.69 Å². The van der Waals surface area contributed by atoms with Crippen molar-refractivity contribution in [1.29, 1.82) is 0 Å². The van der Waals surface area contributed by atoms with E-state index in [9.17, 15) is 10.1 Å². The second-order valence-corrected chi connectivity index (χ2v) is 4.69. The van der Waals surface area contributed by atoms with Gasteiger partial charge in [0.05, 0.1) is 11.5 Å². The molecule has 0 aliphatic heterocycles. The summed E-state index contributed by atoms with van der Waals surface area (Å²) in [5.41, 5.74) is 0.822. The van der Waals surface area contributed by atoms with Crippen molar-refractivity contribution in [1.82, 2.24) is 0 Å². The van der Waals surface area contributed by atoms with E-state index in [1.54, 1.807) is 6.07 Å². The molecule has 0 bridgehead atoms. The Morgan fingerprint density at radius 3 is 2.78 bits per heavy atom. The Morgan fingerprint density at radius 1 is 1.50 bits per heavy atom. The van der Waals surface area contributed by atoms with E-state index >= 15 is 0 Å². The van der Waals surface area contributed by atoms with E-state index in [0.717, 1.165) is 24.2 Å². The summed E-state index contributed by atoms with van der Waals surface area (Å²) in [6.45, 7) is 4.40. The monoisotopic (exact) mass is 269 g/mol. The van der Waals surface area contributed by atoms with Crippen molar-refractivity contribution in [3.8, 4) is 5.75 Å². The van der Waals surface area contributed by atoms with Gasteiger partial charge in [-0.2, -0.15) is 12.6 Å². The molecule has 0 heterocycles. The lowest BCUT2D eigenvalue weighted by atomic mass is 10.1. The zero-order valence-electron chi connectivity index (χ0n) is 10.8. The quantitative estimate of drug-likeness (QED) is 0.467. The summed E-state index contributed by atoms with van der Waals surface area (Å²) in [5, 5.41) is 10.9. The van der Waals surface area contributed by atoms with Crippen molar-refractivity contribution in [3.05, 3.63) is 33.9 Å². The Hall–Kier alpha value is -1.23. The van der Waals surface area contributed by atoms with Crippen molar-refractivity contribution in [2.75, 3.05) is 12.4 Å². The fraction of sp³-hybridized carbons (Fsp3) is 0.538. The molecule has 1 aromatic carbocycles. The Labute approximate surface area is 113 Å². The summed E-state index contributed by atoms with van der Waals surface area (Å²) in [5.74, 6) is 1.44. The van der Waals surface area contributed by atoms with E-state index in [1.807, 2.05) is 13.0 Å². The number of nitro groups is 1. The largest absolute Gasteiger partial charge is 0.486 e. The Balaban J connectivity index is 2.80. The average Bonchev–Trinajstić information content (AvgIpc) is 2.35. The summed E-state index contributed by atoms with van der Waals surface area (Å²) in [7, 11) is 0. The fourth-order valence-corrected chi connectivity index (χ4v) is 2.09. The molecule has 1 aromatic rings. The van der Waals surface area contributed by atoms with Crippen LogP contribution in [0.4, 0.5) is 5.69 Å². The number of ether oxygens (including phenoxy) is 1. The normalized spacial score (nSPS) is 12.2. The van der Waals surface area contributed by atoms with Crippen LogP contribution in [0.15, 0.2) is 18.2 Å². The highest BCUT2D eigenvalue weighted by molar-refractivity contribution is 7.80. The van der Waals surface area contributed by atoms with Crippen LogP contribution in [0.25, 0.3) is 0 Å². The van der Waals surface area contributed by atoms with Gasteiger partial charge in [-0.1, -0.05) is 25.5 Å². The second kappa shape index (κ2) is 7.26. The van der Waals surface area contributed by atoms with Crippen LogP contribution in [0, 0.1) is 23.0 Å². The van der Waals surface area contributed by atoms with Gasteiger partial charge in [-0.15, -0.1) is 0 Å². The third kappa shape index (κ3) is 3.91. The molecule has 0 saturated heterocycles. The number of nitrogens with zero attached hydrogens (tertiary/aromatic N) is 1. The van der Waals surface area contributed by atoms with Crippen LogP contribution in [-0.4, -0.2) is 17.3 Å². The lowest BCUT2D eigenvalue weighted by Crippen LogP contribution is -2.14. The van der Waals surface area contributed by atoms with Gasteiger partial charge in [0.25, 0.3) is 0 Å². The number of hydrogen-bond donors (Lipinski definition) is 1. The lowest BCUT2D eigenvalue weighted by Gasteiger charge is -2.15. The van der Waals surface area contributed by atoms with E-state index in [-0.39, 0.29) is 5.69 Å². The van der Waals surface area contributed by atoms with Crippen molar-refractivity contribution in [2.24, 2.45) is 5.92 Å². The molecule has 0 saturated carbocycles. The van der Waals surface area contributed by atoms with Crippen LogP contribution in [0.5, 0.6) is 5.75 Å². The van der Waals surface area contributed by atoms with Gasteiger partial charge < -0.3 is 4.74 Å². The third-order valence-electron chi connectivity index (χ3n) is 2.81. The number of rotatable bonds is 7. The lowest BCUT2D eigenvalue weighted by molar-refractivity contribution is -0.386. The number of benzene rings is 1. The minimum Gasteiger partial charge on any atom is -0.486 e. The summed E-state index contributed by atoms with van der Waals surface area (Å²) in [6, 6.07) is 4.96. The Kier molecular flexibility index (Phi) is 5.98. The summed E-state index contributed by atoms with van der Waals surface area (Å²) in [4.78, 5) is 10.5. The molecule has 0 amide bonds. The van der Waals surface area contributed by atoms with E-state index in [1.165, 1.54) is 6.07 Å². The summed E-state index contributed by atoms with van der Waals surface area (Å²) < 4.78 is 5.64. The molecule has 18 heavy (non-hydrogen) atoms. The van der Waals surface area contributed by atoms with E-state index in [0.29, 0.717) is 18.3 Å². The molecule has 0 N–H and O–H groups in total. The molecule has 1 atom stereocenters. The first kappa shape index (κ1) is 14.8. The Bertz CT molecular complexity index is 409. The minimum absolute atomic E-state index is 0.0319. The molecule has 1 rings (SSSR count). The zero-order valence-corrected chi connectivity index (χ0v) is 11.7. The number of para-hydroxylation sites is 1. The predicted molar refractivity (Wildman–Crippen MR) is 75.6 cm³/mol. The molecular weight excluding hydrogens is 250 g/mol. The Morgan fingerprint density at radius 2 is 2.22 bits per heavy atom. The smallest absolute Gasteiger partial charge is 0.311 e. The standard InChI is InChI=1S/C13H19NO3S/c1-3-5-11(9-18)8-17-13-10(2)6-4-7-12(13)14(15)16/h4,6-7,11,18H,3,5,8-9H2,1-2H3. The van der Waals surface area contributed by atoms with Gasteiger partial charge in [0.1, 0.15) is 0 Å². The molecule has 5 heteroatoms. The fourth-order valence-electron chi connectivity index (χ4n) is 1.81. The van der Waals surface area contributed by atoms with Gasteiger partial charge in [-0.25, -0.2) is 0 Å². The first-order valence-corrected chi connectivity index (χ1v) is 6.71. The third-order valence-corrected chi connectivity index (χ3v) is 3.32. The maximum Gasteiger partial charge on any atom is 0.311 e. The van der Waals surface area contributed by atoms with Crippen LogP contribution in [0.1, 0.15) is 25.3 Å². The van der Waals surface area contributed by atoms with Gasteiger partial charge in [-0.3, -0.25) is 10.1 Å². The first-order chi connectivity index (χ1) is 8.60. The first-order valence-electron chi connectivity index (χ1n) is 6.07. The maximum absolute atomic E-state index is 10.9. The van der Waals surface area contributed by atoms with E-state index in [2.05, 4.69) is 19.6 Å². The van der Waals surface area contributed by atoms with Crippen LogP contribution in [-0.2, 0) is 0 Å². The second-order valence-electron chi connectivity index (χ2n) is 4.33. The van der Waals surface area contributed by atoms with Crippen LogP contribution < -0.4 is 4.74 Å². The molecule has 4 nitrogen and oxygen atoms in total. The highest BCUT2D eigenvalue weighted by Crippen LogP contribution is 2.30. The minimum atomic E-state index is -0.405. The number of thiol groups is 1. The highest BCUT2D eigenvalue weighted by atomic mass is 32.1. The zero-order chi connectivity index (χ0) is 13.5. The van der Waals surface area contributed by atoms with Gasteiger partial charge in [0, 0.05) is 12.0 Å². The molecule has 100 valence electrons. The van der Waals surface area contributed by atoms with E-state index in [4.69, 9.17) is 4.74 Å². The molecule has 0 aliphatic carbocycles. The van der Waals surface area contributed by atoms with Crippen molar-refractivity contribution in [2.45, 2.75) is 26.7 Å². The maximum atomic E-state index is 10.9. The van der Waals surface area contributed by atoms with Gasteiger partial charge in [-0.05, 0) is 24.7 Å². The summed E-state index contributed by atoms with van der Waals surface area (Å²) in [6.07, 6.45) is 2.08. The summed E-state index contributed by atoms with van der Waals surface area (Å²) >= 11 is 4.27.